The molecule has 1 aromatic carbocycles. The summed E-state index contributed by atoms with van der Waals surface area (Å²) in [5.74, 6) is 0.301. The summed E-state index contributed by atoms with van der Waals surface area (Å²) in [4.78, 5) is 27.6. The van der Waals surface area contributed by atoms with Crippen molar-refractivity contribution in [1.29, 1.82) is 0 Å². The summed E-state index contributed by atoms with van der Waals surface area (Å²) < 4.78 is 20.5. The minimum atomic E-state index is -0.652. The standard InChI is InChI=1S/C23H27FN2O4/c1-13-8-14(2)25(3)22(28)21(13)23(29)26-11-15-9-19(27)20(10-16(15)12-26)30-18-6-4-17(24)5-7-18/h4-8,15-16,19-20,27H,9-12H2,1-3H3/t15-,16+,19+,20+/m0/s1. The highest BCUT2D eigenvalue weighted by atomic mass is 19.1. The summed E-state index contributed by atoms with van der Waals surface area (Å²) in [6, 6.07) is 7.61. The number of fused-ring (bicyclic) bond motifs is 1. The lowest BCUT2D eigenvalue weighted by molar-refractivity contribution is -0.0231. The van der Waals surface area contributed by atoms with Crippen LogP contribution in [0.25, 0.3) is 0 Å². The molecule has 1 aliphatic heterocycles. The highest BCUT2D eigenvalue weighted by Crippen LogP contribution is 2.38. The van der Waals surface area contributed by atoms with Crippen molar-refractivity contribution in [2.75, 3.05) is 13.1 Å². The van der Waals surface area contributed by atoms with E-state index in [-0.39, 0.29) is 34.7 Å². The lowest BCUT2D eigenvalue weighted by Gasteiger charge is -2.35. The largest absolute Gasteiger partial charge is 0.488 e. The maximum atomic E-state index is 13.2. The van der Waals surface area contributed by atoms with Crippen molar-refractivity contribution in [3.05, 3.63) is 63.3 Å². The van der Waals surface area contributed by atoms with Crippen LogP contribution in [0.4, 0.5) is 4.39 Å². The number of halogens is 1. The average molecular weight is 414 g/mol. The van der Waals surface area contributed by atoms with Gasteiger partial charge in [-0.2, -0.15) is 0 Å². The number of carbonyl (C=O) groups excluding carboxylic acids is 1. The second-order valence-corrected chi connectivity index (χ2v) is 8.59. The summed E-state index contributed by atoms with van der Waals surface area (Å²) in [5, 5.41) is 10.6. The molecule has 0 spiro atoms. The van der Waals surface area contributed by atoms with Crippen molar-refractivity contribution in [1.82, 2.24) is 9.47 Å². The molecule has 1 aromatic heterocycles. The number of benzene rings is 1. The fourth-order valence-corrected chi connectivity index (χ4v) is 4.77. The Kier molecular flexibility index (Phi) is 5.40. The monoisotopic (exact) mass is 414 g/mol. The number of amides is 1. The molecule has 1 aliphatic carbocycles. The molecule has 0 bridgehead atoms. The minimum absolute atomic E-state index is 0.173. The molecule has 2 aliphatic rings. The van der Waals surface area contributed by atoms with Gasteiger partial charge in [-0.1, -0.05) is 0 Å². The van der Waals surface area contributed by atoms with E-state index >= 15 is 0 Å². The van der Waals surface area contributed by atoms with Crippen LogP contribution in [0.1, 0.15) is 34.5 Å². The Morgan fingerprint density at radius 2 is 1.77 bits per heavy atom. The van der Waals surface area contributed by atoms with Crippen LogP contribution >= 0.6 is 0 Å². The van der Waals surface area contributed by atoms with Crippen molar-refractivity contribution in [3.63, 3.8) is 0 Å². The van der Waals surface area contributed by atoms with E-state index in [0.29, 0.717) is 37.2 Å². The molecule has 0 unspecified atom stereocenters. The predicted octanol–water partition coefficient (Wildman–Crippen LogP) is 2.43. The van der Waals surface area contributed by atoms with E-state index < -0.39 is 12.2 Å². The Hall–Kier alpha value is -2.67. The Morgan fingerprint density at radius 3 is 2.43 bits per heavy atom. The van der Waals surface area contributed by atoms with Gasteiger partial charge in [-0.05, 0) is 74.4 Å². The zero-order valence-corrected chi connectivity index (χ0v) is 17.5. The van der Waals surface area contributed by atoms with Gasteiger partial charge in [-0.25, -0.2) is 4.39 Å². The zero-order valence-electron chi connectivity index (χ0n) is 17.5. The number of hydrogen-bond acceptors (Lipinski definition) is 4. The van der Waals surface area contributed by atoms with Crippen LogP contribution in [0.15, 0.2) is 35.1 Å². The number of aliphatic hydroxyl groups is 1. The van der Waals surface area contributed by atoms with Gasteiger partial charge in [0.1, 0.15) is 23.2 Å². The first-order chi connectivity index (χ1) is 14.2. The first-order valence-electron chi connectivity index (χ1n) is 10.3. The Morgan fingerprint density at radius 1 is 1.13 bits per heavy atom. The molecule has 1 saturated heterocycles. The number of pyridine rings is 1. The van der Waals surface area contributed by atoms with Crippen molar-refractivity contribution >= 4 is 5.91 Å². The van der Waals surface area contributed by atoms with Crippen molar-refractivity contribution in [2.24, 2.45) is 18.9 Å². The molecule has 4 atom stereocenters. The highest BCUT2D eigenvalue weighted by molar-refractivity contribution is 5.95. The smallest absolute Gasteiger partial charge is 0.263 e. The molecule has 160 valence electrons. The van der Waals surface area contributed by atoms with Gasteiger partial charge in [-0.15, -0.1) is 0 Å². The summed E-state index contributed by atoms with van der Waals surface area (Å²) in [5.41, 5.74) is 1.45. The molecule has 7 heteroatoms. The second kappa shape index (κ2) is 7.87. The van der Waals surface area contributed by atoms with Crippen LogP contribution in [0.5, 0.6) is 5.75 Å². The van der Waals surface area contributed by atoms with Gasteiger partial charge in [0.25, 0.3) is 11.5 Å². The summed E-state index contributed by atoms with van der Waals surface area (Å²) in [6.45, 7) is 4.70. The van der Waals surface area contributed by atoms with E-state index in [9.17, 15) is 19.1 Å². The second-order valence-electron chi connectivity index (χ2n) is 8.59. The van der Waals surface area contributed by atoms with Crippen LogP contribution in [0.3, 0.4) is 0 Å². The zero-order chi connectivity index (χ0) is 21.6. The van der Waals surface area contributed by atoms with Crippen LogP contribution in [-0.4, -0.2) is 45.8 Å². The number of rotatable bonds is 3. The molecule has 30 heavy (non-hydrogen) atoms. The third-order valence-corrected chi connectivity index (χ3v) is 6.55. The molecule has 2 fully saturated rings. The van der Waals surface area contributed by atoms with Crippen LogP contribution in [-0.2, 0) is 7.05 Å². The van der Waals surface area contributed by atoms with Gasteiger partial charge in [0.15, 0.2) is 0 Å². The van der Waals surface area contributed by atoms with Crippen LogP contribution in [0, 0.1) is 31.5 Å². The number of aromatic nitrogens is 1. The molecule has 6 nitrogen and oxygen atoms in total. The molecule has 2 heterocycles. The predicted molar refractivity (Wildman–Crippen MR) is 110 cm³/mol. The van der Waals surface area contributed by atoms with Gasteiger partial charge < -0.3 is 19.3 Å². The van der Waals surface area contributed by atoms with Gasteiger partial charge >= 0.3 is 0 Å². The summed E-state index contributed by atoms with van der Waals surface area (Å²) in [7, 11) is 1.67. The number of likely N-dealkylation sites (tertiary alicyclic amines) is 1. The number of aliphatic hydroxyl groups excluding tert-OH is 1. The first-order valence-corrected chi connectivity index (χ1v) is 10.3. The molecule has 1 saturated carbocycles. The number of nitrogens with zero attached hydrogens (tertiary/aromatic N) is 2. The van der Waals surface area contributed by atoms with Crippen molar-refractivity contribution in [2.45, 2.75) is 38.9 Å². The molecule has 2 aromatic rings. The van der Waals surface area contributed by atoms with Gasteiger partial charge in [0.2, 0.25) is 0 Å². The lowest BCUT2D eigenvalue weighted by Crippen LogP contribution is -2.42. The number of hydrogen-bond donors (Lipinski definition) is 1. The van der Waals surface area contributed by atoms with E-state index in [4.69, 9.17) is 4.74 Å². The van der Waals surface area contributed by atoms with Crippen LogP contribution < -0.4 is 10.3 Å². The normalized spacial score (nSPS) is 25.8. The lowest BCUT2D eigenvalue weighted by atomic mass is 9.78. The molecule has 1 N–H and O–H groups in total. The maximum absolute atomic E-state index is 13.2. The Bertz CT molecular complexity index is 1020. The molecule has 4 rings (SSSR count). The van der Waals surface area contributed by atoms with E-state index in [1.807, 2.05) is 13.0 Å². The van der Waals surface area contributed by atoms with Crippen molar-refractivity contribution < 1.29 is 19.0 Å². The van der Waals surface area contributed by atoms with Gasteiger partial charge in [-0.3, -0.25) is 9.59 Å². The van der Waals surface area contributed by atoms with Crippen molar-refractivity contribution in [3.8, 4) is 5.75 Å². The minimum Gasteiger partial charge on any atom is -0.488 e. The SMILES string of the molecule is Cc1cc(C)n(C)c(=O)c1C(=O)N1C[C@H]2C[C@@H](Oc3ccc(F)cc3)[C@H](O)C[C@H]2C1. The molecule has 1 amide bonds. The quantitative estimate of drug-likeness (QED) is 0.838. The maximum Gasteiger partial charge on any atom is 0.263 e. The van der Waals surface area contributed by atoms with Gasteiger partial charge in [0, 0.05) is 25.8 Å². The summed E-state index contributed by atoms with van der Waals surface area (Å²) >= 11 is 0. The average Bonchev–Trinajstić information content (AvgIpc) is 3.11. The first kappa shape index (κ1) is 20.6. The fourth-order valence-electron chi connectivity index (χ4n) is 4.77. The molecular formula is C23H27FN2O4. The van der Waals surface area contributed by atoms with Crippen LogP contribution in [0.2, 0.25) is 0 Å². The van der Waals surface area contributed by atoms with E-state index in [1.165, 1.54) is 16.7 Å². The Balaban J connectivity index is 1.49. The summed E-state index contributed by atoms with van der Waals surface area (Å²) in [6.07, 6.45) is 0.0874. The fraction of sp³-hybridized carbons (Fsp3) is 0.478. The molecular weight excluding hydrogens is 387 g/mol. The molecule has 0 radical (unpaired) electrons. The third-order valence-electron chi connectivity index (χ3n) is 6.55. The number of ether oxygens (including phenoxy) is 1. The van der Waals surface area contributed by atoms with E-state index in [1.54, 1.807) is 31.0 Å². The van der Waals surface area contributed by atoms with E-state index in [0.717, 1.165) is 5.69 Å². The Labute approximate surface area is 174 Å². The highest BCUT2D eigenvalue weighted by Gasteiger charge is 2.44. The number of carbonyl (C=O) groups is 1. The number of aryl methyl sites for hydroxylation is 2. The van der Waals surface area contributed by atoms with Gasteiger partial charge in [0.05, 0.1) is 6.10 Å². The van der Waals surface area contributed by atoms with E-state index in [2.05, 4.69) is 0 Å². The third kappa shape index (κ3) is 3.74. The topological polar surface area (TPSA) is 71.8 Å².